The Labute approximate surface area is 242 Å². The van der Waals surface area contributed by atoms with Crippen LogP contribution < -0.4 is 4.74 Å². The van der Waals surface area contributed by atoms with E-state index in [9.17, 15) is 23.1 Å². The van der Waals surface area contributed by atoms with Crippen LogP contribution in [0.15, 0.2) is 83.4 Å². The van der Waals surface area contributed by atoms with Crippen molar-refractivity contribution in [3.05, 3.63) is 111 Å². The fraction of sp³-hybridized carbons (Fsp3) is 0.241. The fourth-order valence-electron chi connectivity index (χ4n) is 5.15. The summed E-state index contributed by atoms with van der Waals surface area (Å²) < 4.78 is 65.7. The minimum absolute atomic E-state index is 0.0976. The minimum atomic E-state index is -5.71. The SMILES string of the molecule is O=P(O)(O)C(F)(F)c1ccc(Cn2c3c(c4cccc(OC5=COC(Cc6ccccc6)O5)c42)COCC3)cc1Br. The Bertz CT molecular complexity index is 1690. The summed E-state index contributed by atoms with van der Waals surface area (Å²) in [5.41, 5.74) is -0.571. The first kappa shape index (κ1) is 27.9. The van der Waals surface area contributed by atoms with Gasteiger partial charge in [-0.3, -0.25) is 4.57 Å². The number of benzene rings is 3. The number of ether oxygens (including phenoxy) is 4. The van der Waals surface area contributed by atoms with Crippen molar-refractivity contribution in [3.63, 3.8) is 0 Å². The molecule has 1 unspecified atom stereocenters. The Morgan fingerprint density at radius 1 is 1.07 bits per heavy atom. The van der Waals surface area contributed by atoms with Crippen molar-refractivity contribution >= 4 is 34.4 Å². The molecule has 0 amide bonds. The first-order valence-electron chi connectivity index (χ1n) is 12.8. The monoisotopic (exact) mass is 647 g/mol. The number of rotatable bonds is 8. The molecule has 3 heterocycles. The highest BCUT2D eigenvalue weighted by atomic mass is 79.9. The van der Waals surface area contributed by atoms with E-state index in [2.05, 4.69) is 20.5 Å². The molecule has 0 radical (unpaired) electrons. The van der Waals surface area contributed by atoms with Crippen molar-refractivity contribution in [2.45, 2.75) is 37.9 Å². The molecule has 0 aliphatic carbocycles. The number of para-hydroxylation sites is 1. The van der Waals surface area contributed by atoms with Gasteiger partial charge in [0.1, 0.15) is 0 Å². The van der Waals surface area contributed by atoms with Crippen molar-refractivity contribution in [2.24, 2.45) is 0 Å². The van der Waals surface area contributed by atoms with Crippen LogP contribution in [0.4, 0.5) is 8.78 Å². The maximum Gasteiger partial charge on any atom is 0.399 e. The molecule has 1 atom stereocenters. The topological polar surface area (TPSA) is 99.4 Å². The first-order valence-corrected chi connectivity index (χ1v) is 15.2. The van der Waals surface area contributed by atoms with Crippen LogP contribution in [0.5, 0.6) is 5.75 Å². The standard InChI is InChI=1S/C29H25BrF2NO7P/c30-23-13-19(9-10-22(23)29(31,32)41(34,35)36)15-33-24-11-12-37-16-21(24)20-7-4-8-25(28(20)33)39-27-17-38-26(40-27)14-18-5-2-1-3-6-18/h1-10,13,17,26H,11-12,14-16H2,(H2,34,35,36). The number of alkyl halides is 2. The lowest BCUT2D eigenvalue weighted by molar-refractivity contribution is -0.0518. The van der Waals surface area contributed by atoms with Gasteiger partial charge in [-0.2, -0.15) is 8.78 Å². The van der Waals surface area contributed by atoms with Crippen LogP contribution in [0.1, 0.15) is 27.9 Å². The second kappa shape index (κ2) is 10.9. The summed E-state index contributed by atoms with van der Waals surface area (Å²) in [5, 5.41) is 0.932. The van der Waals surface area contributed by atoms with Gasteiger partial charge < -0.3 is 33.3 Å². The van der Waals surface area contributed by atoms with E-state index in [4.69, 9.17) is 18.9 Å². The Morgan fingerprint density at radius 2 is 1.88 bits per heavy atom. The molecule has 3 aromatic carbocycles. The van der Waals surface area contributed by atoms with Crippen LogP contribution in [0.25, 0.3) is 10.9 Å². The van der Waals surface area contributed by atoms with E-state index in [0.29, 0.717) is 43.9 Å². The quantitative estimate of drug-likeness (QED) is 0.209. The molecular weight excluding hydrogens is 623 g/mol. The Kier molecular flexibility index (Phi) is 7.42. The Hall–Kier alpha value is -3.21. The van der Waals surface area contributed by atoms with Gasteiger partial charge in [0.2, 0.25) is 6.29 Å². The highest BCUT2D eigenvalue weighted by Gasteiger charge is 2.51. The van der Waals surface area contributed by atoms with Gasteiger partial charge in [-0.15, -0.1) is 0 Å². The summed E-state index contributed by atoms with van der Waals surface area (Å²) >= 11 is 3.09. The molecule has 2 aliphatic heterocycles. The zero-order valence-corrected chi connectivity index (χ0v) is 24.0. The summed E-state index contributed by atoms with van der Waals surface area (Å²) in [6.07, 6.45) is 2.10. The van der Waals surface area contributed by atoms with Gasteiger partial charge >= 0.3 is 19.2 Å². The average Bonchev–Trinajstić information content (AvgIpc) is 3.51. The van der Waals surface area contributed by atoms with E-state index in [0.717, 1.165) is 33.8 Å². The molecule has 6 rings (SSSR count). The molecule has 214 valence electrons. The third-order valence-corrected chi connectivity index (χ3v) is 8.71. The lowest BCUT2D eigenvalue weighted by atomic mass is 10.1. The third-order valence-electron chi connectivity index (χ3n) is 7.08. The number of hydrogen-bond donors (Lipinski definition) is 2. The summed E-state index contributed by atoms with van der Waals surface area (Å²) in [7, 11) is -5.71. The summed E-state index contributed by atoms with van der Waals surface area (Å²) in [6, 6.07) is 19.4. The second-order valence-corrected chi connectivity index (χ2v) is 12.3. The van der Waals surface area contributed by atoms with E-state index in [1.807, 2.05) is 48.5 Å². The smallest absolute Gasteiger partial charge is 0.399 e. The largest absolute Gasteiger partial charge is 0.455 e. The molecule has 0 saturated heterocycles. The van der Waals surface area contributed by atoms with E-state index >= 15 is 0 Å². The van der Waals surface area contributed by atoms with Crippen LogP contribution in [0.2, 0.25) is 0 Å². The number of fused-ring (bicyclic) bond motifs is 3. The van der Waals surface area contributed by atoms with E-state index in [-0.39, 0.29) is 10.4 Å². The predicted octanol–water partition coefficient (Wildman–Crippen LogP) is 6.55. The fourth-order valence-corrected chi connectivity index (χ4v) is 6.49. The van der Waals surface area contributed by atoms with Crippen molar-refractivity contribution in [1.29, 1.82) is 0 Å². The summed E-state index contributed by atoms with van der Waals surface area (Å²) in [4.78, 5) is 18.4. The summed E-state index contributed by atoms with van der Waals surface area (Å²) in [6.45, 7) is 1.24. The molecule has 1 aromatic heterocycles. The second-order valence-electron chi connectivity index (χ2n) is 9.78. The molecule has 0 spiro atoms. The number of hydrogen-bond acceptors (Lipinski definition) is 5. The molecule has 0 bridgehead atoms. The van der Waals surface area contributed by atoms with Gasteiger partial charge in [-0.1, -0.05) is 70.5 Å². The maximum absolute atomic E-state index is 14.4. The highest BCUT2D eigenvalue weighted by molar-refractivity contribution is 9.10. The minimum Gasteiger partial charge on any atom is -0.455 e. The lowest BCUT2D eigenvalue weighted by Crippen LogP contribution is -2.16. The summed E-state index contributed by atoms with van der Waals surface area (Å²) in [5.74, 6) is 0.739. The van der Waals surface area contributed by atoms with Gasteiger partial charge in [0, 0.05) is 46.1 Å². The van der Waals surface area contributed by atoms with Gasteiger partial charge in [-0.25, -0.2) is 0 Å². The average molecular weight is 648 g/mol. The van der Waals surface area contributed by atoms with Crippen molar-refractivity contribution in [3.8, 4) is 5.75 Å². The molecule has 4 aromatic rings. The molecule has 2 aliphatic rings. The van der Waals surface area contributed by atoms with Crippen LogP contribution in [-0.2, 0) is 50.4 Å². The van der Waals surface area contributed by atoms with Gasteiger partial charge in [0.25, 0.3) is 0 Å². The van der Waals surface area contributed by atoms with Crippen LogP contribution in [0, 0.1) is 0 Å². The molecule has 41 heavy (non-hydrogen) atoms. The molecule has 0 fully saturated rings. The highest BCUT2D eigenvalue weighted by Crippen LogP contribution is 2.60. The normalized spacial score (nSPS) is 17.1. The molecule has 8 nitrogen and oxygen atoms in total. The van der Waals surface area contributed by atoms with Crippen LogP contribution >= 0.6 is 23.5 Å². The Balaban J connectivity index is 1.32. The molecular formula is C29H25BrF2NO7P. The van der Waals surface area contributed by atoms with Gasteiger partial charge in [-0.05, 0) is 23.3 Å². The van der Waals surface area contributed by atoms with Crippen LogP contribution in [-0.4, -0.2) is 27.3 Å². The number of aromatic nitrogens is 1. The number of nitrogens with zero attached hydrogens (tertiary/aromatic N) is 1. The van der Waals surface area contributed by atoms with E-state index < -0.39 is 25.1 Å². The van der Waals surface area contributed by atoms with Crippen LogP contribution in [0.3, 0.4) is 0 Å². The zero-order chi connectivity index (χ0) is 28.8. The zero-order valence-electron chi connectivity index (χ0n) is 21.5. The van der Waals surface area contributed by atoms with Crippen molar-refractivity contribution < 1.29 is 42.1 Å². The van der Waals surface area contributed by atoms with Crippen molar-refractivity contribution in [1.82, 2.24) is 4.57 Å². The van der Waals surface area contributed by atoms with E-state index in [1.165, 1.54) is 18.4 Å². The molecule has 0 saturated carbocycles. The van der Waals surface area contributed by atoms with E-state index in [1.54, 1.807) is 0 Å². The third kappa shape index (κ3) is 5.40. The lowest BCUT2D eigenvalue weighted by Gasteiger charge is -2.20. The molecule has 12 heteroatoms. The predicted molar refractivity (Wildman–Crippen MR) is 149 cm³/mol. The van der Waals surface area contributed by atoms with Crippen molar-refractivity contribution in [2.75, 3.05) is 6.61 Å². The van der Waals surface area contributed by atoms with Gasteiger partial charge in [0.15, 0.2) is 12.0 Å². The van der Waals surface area contributed by atoms with Gasteiger partial charge in [0.05, 0.1) is 18.7 Å². The Morgan fingerprint density at radius 3 is 2.63 bits per heavy atom. The molecule has 2 N–H and O–H groups in total. The maximum atomic E-state index is 14.4. The first-order chi connectivity index (χ1) is 19.6. The number of halogens is 3.